The Hall–Kier alpha value is -1.18. The van der Waals surface area contributed by atoms with Crippen molar-refractivity contribution in [2.45, 2.75) is 57.6 Å². The second-order valence-electron chi connectivity index (χ2n) is 6.89. The maximum Gasteiger partial charge on any atom is 0.212 e. The van der Waals surface area contributed by atoms with Gasteiger partial charge in [-0.05, 0) is 51.0 Å². The van der Waals surface area contributed by atoms with Crippen molar-refractivity contribution in [2.75, 3.05) is 18.5 Å². The molecule has 0 aromatic heterocycles. The molecule has 0 radical (unpaired) electrons. The van der Waals surface area contributed by atoms with E-state index in [-0.39, 0.29) is 19.3 Å². The van der Waals surface area contributed by atoms with Gasteiger partial charge >= 0.3 is 0 Å². The lowest BCUT2D eigenvalue weighted by molar-refractivity contribution is -0.298. The van der Waals surface area contributed by atoms with Crippen molar-refractivity contribution in [1.29, 1.82) is 0 Å². The summed E-state index contributed by atoms with van der Waals surface area (Å²) in [5.41, 5.74) is 3.22. The van der Waals surface area contributed by atoms with Gasteiger partial charge in [0, 0.05) is 5.69 Å². The SMILES string of the molecule is Cc1ccc(NC[C@@]2(O)OC[C@H]3OC(C)(C)O[C@H]3[C@@H]2O)cc1C. The molecule has 23 heavy (non-hydrogen) atoms. The first-order valence-corrected chi connectivity index (χ1v) is 7.91. The van der Waals surface area contributed by atoms with Gasteiger partial charge in [0.15, 0.2) is 5.79 Å². The second kappa shape index (κ2) is 5.72. The predicted octanol–water partition coefficient (Wildman–Crippen LogP) is 1.32. The molecule has 6 nitrogen and oxygen atoms in total. The number of anilines is 1. The number of hydrogen-bond acceptors (Lipinski definition) is 6. The van der Waals surface area contributed by atoms with Crippen LogP contribution in [0.2, 0.25) is 0 Å². The Labute approximate surface area is 136 Å². The number of hydrogen-bond donors (Lipinski definition) is 3. The molecule has 0 spiro atoms. The van der Waals surface area contributed by atoms with E-state index in [1.54, 1.807) is 13.8 Å². The monoisotopic (exact) mass is 323 g/mol. The lowest BCUT2D eigenvalue weighted by atomic mass is 9.96. The molecule has 0 aliphatic carbocycles. The van der Waals surface area contributed by atoms with Crippen LogP contribution in [0.5, 0.6) is 0 Å². The van der Waals surface area contributed by atoms with Crippen LogP contribution < -0.4 is 5.32 Å². The summed E-state index contributed by atoms with van der Waals surface area (Å²) in [4.78, 5) is 0. The number of aliphatic hydroxyl groups is 2. The molecular formula is C17H25NO5. The molecule has 0 bridgehead atoms. The molecule has 128 valence electrons. The van der Waals surface area contributed by atoms with Crippen LogP contribution in [0.4, 0.5) is 5.69 Å². The summed E-state index contributed by atoms with van der Waals surface area (Å²) < 4.78 is 16.9. The van der Waals surface area contributed by atoms with E-state index in [1.165, 1.54) is 5.56 Å². The molecule has 2 heterocycles. The molecule has 1 aromatic rings. The Morgan fingerprint density at radius 2 is 1.96 bits per heavy atom. The molecule has 1 aromatic carbocycles. The quantitative estimate of drug-likeness (QED) is 0.778. The van der Waals surface area contributed by atoms with Gasteiger partial charge in [0.1, 0.15) is 18.3 Å². The summed E-state index contributed by atoms with van der Waals surface area (Å²) in [6.07, 6.45) is -2.17. The Morgan fingerprint density at radius 1 is 1.22 bits per heavy atom. The number of aryl methyl sites for hydroxylation is 2. The number of rotatable bonds is 3. The first kappa shape index (κ1) is 16.7. The fourth-order valence-corrected chi connectivity index (χ4v) is 3.06. The van der Waals surface area contributed by atoms with E-state index in [1.807, 2.05) is 32.0 Å². The van der Waals surface area contributed by atoms with Crippen LogP contribution in [0.25, 0.3) is 0 Å². The molecule has 2 saturated heterocycles. The Morgan fingerprint density at radius 3 is 2.65 bits per heavy atom. The minimum Gasteiger partial charge on any atom is -0.385 e. The minimum atomic E-state index is -1.72. The first-order valence-electron chi connectivity index (χ1n) is 7.91. The molecule has 2 fully saturated rings. The Bertz CT molecular complexity index is 590. The summed E-state index contributed by atoms with van der Waals surface area (Å²) in [6, 6.07) is 5.93. The van der Waals surface area contributed by atoms with Crippen molar-refractivity contribution in [3.05, 3.63) is 29.3 Å². The number of ether oxygens (including phenoxy) is 3. The molecule has 0 amide bonds. The molecular weight excluding hydrogens is 298 g/mol. The van der Waals surface area contributed by atoms with Gasteiger partial charge in [0.25, 0.3) is 0 Å². The highest BCUT2D eigenvalue weighted by molar-refractivity contribution is 5.48. The van der Waals surface area contributed by atoms with Gasteiger partial charge < -0.3 is 29.7 Å². The fraction of sp³-hybridized carbons (Fsp3) is 0.647. The van der Waals surface area contributed by atoms with E-state index in [0.717, 1.165) is 11.3 Å². The van der Waals surface area contributed by atoms with Gasteiger partial charge in [0.2, 0.25) is 5.79 Å². The summed E-state index contributed by atoms with van der Waals surface area (Å²) in [7, 11) is 0. The van der Waals surface area contributed by atoms with E-state index in [9.17, 15) is 10.2 Å². The van der Waals surface area contributed by atoms with E-state index >= 15 is 0 Å². The lowest BCUT2D eigenvalue weighted by Crippen LogP contribution is -2.62. The highest BCUT2D eigenvalue weighted by Crippen LogP contribution is 2.37. The average Bonchev–Trinajstić information content (AvgIpc) is 2.80. The lowest BCUT2D eigenvalue weighted by Gasteiger charge is -2.41. The van der Waals surface area contributed by atoms with Crippen LogP contribution in [0.1, 0.15) is 25.0 Å². The zero-order chi connectivity index (χ0) is 16.8. The number of fused-ring (bicyclic) bond motifs is 1. The number of nitrogens with one attached hydrogen (secondary N) is 1. The summed E-state index contributed by atoms with van der Waals surface area (Å²) in [5, 5.41) is 24.3. The Balaban J connectivity index is 1.68. The topological polar surface area (TPSA) is 80.2 Å². The molecule has 3 rings (SSSR count). The summed E-state index contributed by atoms with van der Waals surface area (Å²) in [5.74, 6) is -2.50. The first-order chi connectivity index (χ1) is 10.7. The van der Waals surface area contributed by atoms with Gasteiger partial charge in [-0.2, -0.15) is 0 Å². The predicted molar refractivity (Wildman–Crippen MR) is 85.1 cm³/mol. The fourth-order valence-electron chi connectivity index (χ4n) is 3.06. The third kappa shape index (κ3) is 3.22. The molecule has 3 N–H and O–H groups in total. The van der Waals surface area contributed by atoms with Crippen LogP contribution in [0.15, 0.2) is 18.2 Å². The molecule has 2 aliphatic rings. The van der Waals surface area contributed by atoms with E-state index < -0.39 is 23.8 Å². The van der Waals surface area contributed by atoms with Crippen LogP contribution >= 0.6 is 0 Å². The summed E-state index contributed by atoms with van der Waals surface area (Å²) >= 11 is 0. The van der Waals surface area contributed by atoms with Crippen molar-refractivity contribution < 1.29 is 24.4 Å². The second-order valence-corrected chi connectivity index (χ2v) is 6.89. The summed E-state index contributed by atoms with van der Waals surface area (Å²) in [6.45, 7) is 7.87. The van der Waals surface area contributed by atoms with Crippen LogP contribution in [-0.4, -0.2) is 53.3 Å². The van der Waals surface area contributed by atoms with Gasteiger partial charge in [-0.1, -0.05) is 6.07 Å². The van der Waals surface area contributed by atoms with Gasteiger partial charge in [-0.25, -0.2) is 0 Å². The maximum atomic E-state index is 10.7. The highest BCUT2D eigenvalue weighted by Gasteiger charge is 2.56. The molecule has 2 aliphatic heterocycles. The van der Waals surface area contributed by atoms with Crippen molar-refractivity contribution in [1.82, 2.24) is 0 Å². The number of benzene rings is 1. The van der Waals surface area contributed by atoms with Gasteiger partial charge in [0.05, 0.1) is 13.2 Å². The van der Waals surface area contributed by atoms with Crippen molar-refractivity contribution in [3.8, 4) is 0 Å². The average molecular weight is 323 g/mol. The zero-order valence-corrected chi connectivity index (χ0v) is 14.0. The molecule has 6 heteroatoms. The van der Waals surface area contributed by atoms with Gasteiger partial charge in [-0.15, -0.1) is 0 Å². The largest absolute Gasteiger partial charge is 0.385 e. The third-order valence-corrected chi connectivity index (χ3v) is 4.55. The van der Waals surface area contributed by atoms with Crippen LogP contribution in [-0.2, 0) is 14.2 Å². The molecule has 4 atom stereocenters. The highest BCUT2D eigenvalue weighted by atomic mass is 16.8. The van der Waals surface area contributed by atoms with Crippen molar-refractivity contribution >= 4 is 5.69 Å². The van der Waals surface area contributed by atoms with Crippen molar-refractivity contribution in [2.24, 2.45) is 0 Å². The van der Waals surface area contributed by atoms with Gasteiger partial charge in [-0.3, -0.25) is 0 Å². The third-order valence-electron chi connectivity index (χ3n) is 4.55. The van der Waals surface area contributed by atoms with E-state index in [4.69, 9.17) is 14.2 Å². The van der Waals surface area contributed by atoms with Crippen molar-refractivity contribution in [3.63, 3.8) is 0 Å². The van der Waals surface area contributed by atoms with E-state index in [2.05, 4.69) is 5.32 Å². The standard InChI is InChI=1S/C17H25NO5/c1-10-5-6-12(7-11(10)2)18-9-17(20)15(19)14-13(8-21-17)22-16(3,4)23-14/h5-7,13-15,18-20H,8-9H2,1-4H3/t13-,14-,15+,17-/m1/s1. The maximum absolute atomic E-state index is 10.7. The van der Waals surface area contributed by atoms with Crippen LogP contribution in [0, 0.1) is 13.8 Å². The number of aliphatic hydroxyl groups excluding tert-OH is 1. The smallest absolute Gasteiger partial charge is 0.212 e. The zero-order valence-electron chi connectivity index (χ0n) is 14.0. The van der Waals surface area contributed by atoms with Crippen LogP contribution in [0.3, 0.4) is 0 Å². The van der Waals surface area contributed by atoms with E-state index in [0.29, 0.717) is 0 Å². The Kier molecular flexibility index (Phi) is 4.14. The normalized spacial score (nSPS) is 35.8. The molecule has 0 unspecified atom stereocenters. The molecule has 0 saturated carbocycles. The minimum absolute atomic E-state index is 0.0592.